The van der Waals surface area contributed by atoms with Gasteiger partial charge in [0.15, 0.2) is 0 Å². The fourth-order valence-electron chi connectivity index (χ4n) is 3.83. The highest BCUT2D eigenvalue weighted by Crippen LogP contribution is 2.40. The van der Waals surface area contributed by atoms with Crippen LogP contribution in [0.5, 0.6) is 0 Å². The SMILES string of the molecule is CC(=O)OCC1=C(C(=O)O)N2C(=O)[C@@H](NC(=O)C(C)c3ccc(CC(C)C)cc3)[C@H]2SC1. The molecular weight excluding hydrogens is 432 g/mol. The lowest BCUT2D eigenvalue weighted by molar-refractivity contribution is -0.151. The predicted molar refractivity (Wildman–Crippen MR) is 120 cm³/mol. The van der Waals surface area contributed by atoms with Crippen LogP contribution < -0.4 is 5.32 Å². The number of rotatable bonds is 8. The summed E-state index contributed by atoms with van der Waals surface area (Å²) in [7, 11) is 0. The Morgan fingerprint density at radius 1 is 1.22 bits per heavy atom. The van der Waals surface area contributed by atoms with Crippen molar-refractivity contribution >= 4 is 35.5 Å². The Morgan fingerprint density at radius 3 is 2.44 bits per heavy atom. The average Bonchev–Trinajstić information content (AvgIpc) is 2.74. The van der Waals surface area contributed by atoms with Crippen molar-refractivity contribution < 1.29 is 29.0 Å². The van der Waals surface area contributed by atoms with Gasteiger partial charge in [-0.3, -0.25) is 19.3 Å². The molecule has 0 saturated carbocycles. The molecule has 0 aliphatic carbocycles. The van der Waals surface area contributed by atoms with E-state index in [-0.39, 0.29) is 18.2 Å². The van der Waals surface area contributed by atoms with E-state index in [2.05, 4.69) is 19.2 Å². The highest BCUT2D eigenvalue weighted by molar-refractivity contribution is 8.00. The molecule has 172 valence electrons. The van der Waals surface area contributed by atoms with Crippen LogP contribution in [0, 0.1) is 5.92 Å². The number of esters is 1. The number of fused-ring (bicyclic) bond motifs is 1. The number of ether oxygens (including phenoxy) is 1. The van der Waals surface area contributed by atoms with Gasteiger partial charge in [-0.15, -0.1) is 11.8 Å². The van der Waals surface area contributed by atoms with Gasteiger partial charge in [-0.1, -0.05) is 38.1 Å². The van der Waals surface area contributed by atoms with Gasteiger partial charge in [-0.05, 0) is 30.4 Å². The molecule has 1 saturated heterocycles. The molecule has 0 bridgehead atoms. The number of thioether (sulfide) groups is 1. The molecule has 2 aliphatic heterocycles. The van der Waals surface area contributed by atoms with E-state index in [1.165, 1.54) is 29.1 Å². The summed E-state index contributed by atoms with van der Waals surface area (Å²) >= 11 is 1.34. The van der Waals surface area contributed by atoms with Crippen molar-refractivity contribution in [2.24, 2.45) is 5.92 Å². The highest BCUT2D eigenvalue weighted by Gasteiger charge is 2.54. The largest absolute Gasteiger partial charge is 0.477 e. The van der Waals surface area contributed by atoms with Crippen LogP contribution in [0.1, 0.15) is 44.7 Å². The van der Waals surface area contributed by atoms with Gasteiger partial charge in [-0.2, -0.15) is 0 Å². The minimum atomic E-state index is -1.26. The first kappa shape index (κ1) is 23.8. The summed E-state index contributed by atoms with van der Waals surface area (Å²) in [4.78, 5) is 49.6. The second kappa shape index (κ2) is 9.77. The summed E-state index contributed by atoms with van der Waals surface area (Å²) in [5.41, 5.74) is 2.25. The molecule has 8 nitrogen and oxygen atoms in total. The second-order valence-corrected chi connectivity index (χ2v) is 9.60. The third-order valence-corrected chi connectivity index (χ3v) is 6.85. The number of nitrogens with one attached hydrogen (secondary N) is 1. The van der Waals surface area contributed by atoms with Crippen molar-refractivity contribution in [3.8, 4) is 0 Å². The Bertz CT molecular complexity index is 956. The van der Waals surface area contributed by atoms with Gasteiger partial charge >= 0.3 is 11.9 Å². The van der Waals surface area contributed by atoms with E-state index in [4.69, 9.17) is 4.74 Å². The standard InChI is InChI=1S/C23H28N2O6S/c1-12(2)9-15-5-7-16(8-6-15)13(3)20(27)24-18-21(28)25-19(23(29)30)17(10-31-14(4)26)11-32-22(18)25/h5-8,12-13,18,22H,9-11H2,1-4H3,(H,24,27)(H,29,30)/t13?,18-,22-/m1/s1. The minimum absolute atomic E-state index is 0.167. The summed E-state index contributed by atoms with van der Waals surface area (Å²) in [5, 5.41) is 11.9. The monoisotopic (exact) mass is 460 g/mol. The number of β-lactam (4-membered cyclic amide) rings is 1. The van der Waals surface area contributed by atoms with E-state index in [0.29, 0.717) is 17.2 Å². The molecule has 1 aromatic carbocycles. The zero-order chi connectivity index (χ0) is 23.6. The Morgan fingerprint density at radius 2 is 1.88 bits per heavy atom. The molecule has 3 rings (SSSR count). The van der Waals surface area contributed by atoms with Crippen LogP contribution in [0.3, 0.4) is 0 Å². The number of carboxylic acid groups (broad SMARTS) is 1. The fraction of sp³-hybridized carbons (Fsp3) is 0.478. The predicted octanol–water partition coefficient (Wildman–Crippen LogP) is 2.29. The van der Waals surface area contributed by atoms with Crippen LogP contribution in [-0.2, 0) is 30.3 Å². The maximum absolute atomic E-state index is 12.8. The highest BCUT2D eigenvalue weighted by atomic mass is 32.2. The van der Waals surface area contributed by atoms with E-state index in [0.717, 1.165) is 12.0 Å². The van der Waals surface area contributed by atoms with E-state index < -0.39 is 35.2 Å². The van der Waals surface area contributed by atoms with Gasteiger partial charge in [0.1, 0.15) is 23.7 Å². The minimum Gasteiger partial charge on any atom is -0.477 e. The van der Waals surface area contributed by atoms with Crippen molar-refractivity contribution in [3.05, 3.63) is 46.7 Å². The second-order valence-electron chi connectivity index (χ2n) is 8.49. The Hall–Kier alpha value is -2.81. The number of amides is 2. The topological polar surface area (TPSA) is 113 Å². The summed E-state index contributed by atoms with van der Waals surface area (Å²) in [6.45, 7) is 7.13. The van der Waals surface area contributed by atoms with Gasteiger partial charge < -0.3 is 15.2 Å². The molecule has 0 aromatic heterocycles. The molecule has 3 atom stereocenters. The van der Waals surface area contributed by atoms with Crippen LogP contribution in [-0.4, -0.2) is 57.5 Å². The van der Waals surface area contributed by atoms with Gasteiger partial charge in [0.05, 0.1) is 5.92 Å². The summed E-state index contributed by atoms with van der Waals surface area (Å²) in [6.07, 6.45) is 0.963. The van der Waals surface area contributed by atoms with Crippen molar-refractivity contribution in [1.29, 1.82) is 0 Å². The number of hydrogen-bond acceptors (Lipinski definition) is 6. The number of benzene rings is 1. The first-order valence-electron chi connectivity index (χ1n) is 10.5. The normalized spacial score (nSPS) is 21.0. The number of nitrogens with zero attached hydrogens (tertiary/aromatic N) is 1. The van der Waals surface area contributed by atoms with E-state index in [1.807, 2.05) is 24.3 Å². The molecule has 2 heterocycles. The molecule has 1 aromatic rings. The summed E-state index contributed by atoms with van der Waals surface area (Å²) < 4.78 is 4.92. The van der Waals surface area contributed by atoms with E-state index in [1.54, 1.807) is 6.92 Å². The van der Waals surface area contributed by atoms with Gasteiger partial charge in [0.25, 0.3) is 5.91 Å². The number of carboxylic acids is 1. The van der Waals surface area contributed by atoms with Gasteiger partial charge in [0.2, 0.25) is 5.91 Å². The van der Waals surface area contributed by atoms with Crippen molar-refractivity contribution in [2.45, 2.75) is 51.4 Å². The first-order chi connectivity index (χ1) is 15.1. The van der Waals surface area contributed by atoms with Crippen LogP contribution >= 0.6 is 11.8 Å². The van der Waals surface area contributed by atoms with Crippen LogP contribution in [0.2, 0.25) is 0 Å². The maximum atomic E-state index is 12.8. The van der Waals surface area contributed by atoms with Crippen molar-refractivity contribution in [1.82, 2.24) is 10.2 Å². The number of hydrogen-bond donors (Lipinski definition) is 2. The third-order valence-electron chi connectivity index (χ3n) is 5.51. The van der Waals surface area contributed by atoms with Crippen LogP contribution in [0.4, 0.5) is 0 Å². The lowest BCUT2D eigenvalue weighted by Gasteiger charge is -2.49. The molecule has 2 N–H and O–H groups in total. The number of carbonyl (C=O) groups is 4. The maximum Gasteiger partial charge on any atom is 0.352 e. The number of carbonyl (C=O) groups excluding carboxylic acids is 3. The molecule has 1 fully saturated rings. The van der Waals surface area contributed by atoms with Crippen LogP contribution in [0.25, 0.3) is 0 Å². The van der Waals surface area contributed by atoms with Crippen LogP contribution in [0.15, 0.2) is 35.5 Å². The quantitative estimate of drug-likeness (QED) is 0.452. The smallest absolute Gasteiger partial charge is 0.352 e. The zero-order valence-corrected chi connectivity index (χ0v) is 19.4. The van der Waals surface area contributed by atoms with E-state index >= 15 is 0 Å². The Kier molecular flexibility index (Phi) is 7.28. The number of aliphatic carboxylic acids is 1. The lowest BCUT2D eigenvalue weighted by Crippen LogP contribution is -2.70. The Labute approximate surface area is 191 Å². The molecule has 32 heavy (non-hydrogen) atoms. The lowest BCUT2D eigenvalue weighted by atomic mass is 9.95. The van der Waals surface area contributed by atoms with Crippen molar-refractivity contribution in [2.75, 3.05) is 12.4 Å². The fourth-order valence-corrected chi connectivity index (χ4v) is 5.15. The molecular formula is C23H28N2O6S. The molecule has 0 radical (unpaired) electrons. The van der Waals surface area contributed by atoms with Gasteiger partial charge in [0, 0.05) is 18.2 Å². The molecule has 1 unspecified atom stereocenters. The van der Waals surface area contributed by atoms with Gasteiger partial charge in [-0.25, -0.2) is 4.79 Å². The molecule has 2 amide bonds. The Balaban J connectivity index is 1.67. The summed E-state index contributed by atoms with van der Waals surface area (Å²) in [6, 6.07) is 7.10. The van der Waals surface area contributed by atoms with Crippen molar-refractivity contribution in [3.63, 3.8) is 0 Å². The first-order valence-corrected chi connectivity index (χ1v) is 11.6. The summed E-state index contributed by atoms with van der Waals surface area (Å²) in [5.74, 6) is -2.16. The zero-order valence-electron chi connectivity index (χ0n) is 18.6. The van der Waals surface area contributed by atoms with E-state index in [9.17, 15) is 24.3 Å². The molecule has 9 heteroatoms. The molecule has 2 aliphatic rings. The average molecular weight is 461 g/mol. The third kappa shape index (κ3) is 4.98. The molecule has 0 spiro atoms.